The SMILES string of the molecule is CCNCc1cccc(SCOCC(F)(F)F)c1. The van der Waals surface area contributed by atoms with Gasteiger partial charge < -0.3 is 10.1 Å². The van der Waals surface area contributed by atoms with Crippen LogP contribution in [0.3, 0.4) is 0 Å². The molecule has 0 aromatic heterocycles. The lowest BCUT2D eigenvalue weighted by atomic mass is 10.2. The van der Waals surface area contributed by atoms with Gasteiger partial charge in [-0.1, -0.05) is 30.8 Å². The number of nitrogens with one attached hydrogen (secondary N) is 1. The number of hydrogen-bond acceptors (Lipinski definition) is 3. The van der Waals surface area contributed by atoms with Crippen LogP contribution in [-0.4, -0.2) is 25.3 Å². The molecule has 0 bridgehead atoms. The summed E-state index contributed by atoms with van der Waals surface area (Å²) in [4.78, 5) is 0.910. The van der Waals surface area contributed by atoms with E-state index in [9.17, 15) is 13.2 Å². The highest BCUT2D eigenvalue weighted by molar-refractivity contribution is 7.99. The van der Waals surface area contributed by atoms with E-state index in [0.29, 0.717) is 0 Å². The maximum atomic E-state index is 11.8. The summed E-state index contributed by atoms with van der Waals surface area (Å²) in [5.41, 5.74) is 1.11. The molecule has 0 spiro atoms. The highest BCUT2D eigenvalue weighted by Gasteiger charge is 2.27. The summed E-state index contributed by atoms with van der Waals surface area (Å²) in [6.45, 7) is 2.46. The third-order valence-electron chi connectivity index (χ3n) is 2.05. The van der Waals surface area contributed by atoms with Crippen LogP contribution in [0.25, 0.3) is 0 Å². The van der Waals surface area contributed by atoms with E-state index < -0.39 is 12.8 Å². The number of thioether (sulfide) groups is 1. The average Bonchev–Trinajstić information content (AvgIpc) is 2.31. The summed E-state index contributed by atoms with van der Waals surface area (Å²) in [5.74, 6) is 0.00414. The summed E-state index contributed by atoms with van der Waals surface area (Å²) in [6, 6.07) is 7.67. The van der Waals surface area contributed by atoms with Crippen molar-refractivity contribution in [3.8, 4) is 0 Å². The first-order valence-corrected chi connectivity index (χ1v) is 6.57. The first-order valence-electron chi connectivity index (χ1n) is 5.58. The molecule has 0 unspecified atom stereocenters. The number of ether oxygens (including phenoxy) is 1. The monoisotopic (exact) mass is 279 g/mol. The van der Waals surface area contributed by atoms with Gasteiger partial charge in [-0.15, -0.1) is 0 Å². The van der Waals surface area contributed by atoms with Crippen LogP contribution in [-0.2, 0) is 11.3 Å². The number of halogens is 3. The molecule has 2 nitrogen and oxygen atoms in total. The highest BCUT2D eigenvalue weighted by Crippen LogP contribution is 2.21. The van der Waals surface area contributed by atoms with E-state index >= 15 is 0 Å². The van der Waals surface area contributed by atoms with E-state index in [-0.39, 0.29) is 5.94 Å². The quantitative estimate of drug-likeness (QED) is 0.469. The third kappa shape index (κ3) is 6.88. The van der Waals surface area contributed by atoms with Crippen molar-refractivity contribution in [2.24, 2.45) is 0 Å². The van der Waals surface area contributed by atoms with Gasteiger partial charge in [0.2, 0.25) is 0 Å². The minimum absolute atomic E-state index is 0.00414. The predicted molar refractivity (Wildman–Crippen MR) is 66.6 cm³/mol. The van der Waals surface area contributed by atoms with Gasteiger partial charge in [-0.25, -0.2) is 0 Å². The lowest BCUT2D eigenvalue weighted by Crippen LogP contribution is -2.16. The molecular formula is C12H16F3NOS. The standard InChI is InChI=1S/C12H16F3NOS/c1-2-16-7-10-4-3-5-11(6-10)18-9-17-8-12(13,14)15/h3-6,16H,2,7-9H2,1H3. The molecule has 6 heteroatoms. The van der Waals surface area contributed by atoms with Crippen LogP contribution in [0.4, 0.5) is 13.2 Å². The molecule has 18 heavy (non-hydrogen) atoms. The van der Waals surface area contributed by atoms with Crippen molar-refractivity contribution in [1.82, 2.24) is 5.32 Å². The molecule has 0 amide bonds. The second-order valence-electron chi connectivity index (χ2n) is 3.65. The van der Waals surface area contributed by atoms with Crippen LogP contribution in [0.1, 0.15) is 12.5 Å². The van der Waals surface area contributed by atoms with Crippen LogP contribution in [0.5, 0.6) is 0 Å². The minimum Gasteiger partial charge on any atom is -0.361 e. The van der Waals surface area contributed by atoms with Gasteiger partial charge in [-0.3, -0.25) is 0 Å². The second-order valence-corrected chi connectivity index (χ2v) is 4.65. The van der Waals surface area contributed by atoms with Crippen LogP contribution in [0, 0.1) is 0 Å². The van der Waals surface area contributed by atoms with Gasteiger partial charge in [0, 0.05) is 11.4 Å². The zero-order valence-corrected chi connectivity index (χ0v) is 10.9. The molecule has 0 saturated heterocycles. The second kappa shape index (κ2) is 7.66. The van der Waals surface area contributed by atoms with Crippen molar-refractivity contribution in [1.29, 1.82) is 0 Å². The van der Waals surface area contributed by atoms with Gasteiger partial charge in [-0.05, 0) is 24.2 Å². The van der Waals surface area contributed by atoms with E-state index in [0.717, 1.165) is 23.5 Å². The number of rotatable bonds is 7. The van der Waals surface area contributed by atoms with E-state index in [1.807, 2.05) is 31.2 Å². The number of alkyl halides is 3. The normalized spacial score (nSPS) is 11.8. The fourth-order valence-corrected chi connectivity index (χ4v) is 1.99. The Morgan fingerprint density at radius 3 is 2.78 bits per heavy atom. The molecule has 1 aromatic carbocycles. The third-order valence-corrected chi connectivity index (χ3v) is 2.92. The first-order chi connectivity index (χ1) is 8.51. The molecule has 1 aromatic rings. The summed E-state index contributed by atoms with van der Waals surface area (Å²) in [6.07, 6.45) is -4.26. The lowest BCUT2D eigenvalue weighted by molar-refractivity contribution is -0.168. The van der Waals surface area contributed by atoms with Crippen molar-refractivity contribution in [3.05, 3.63) is 29.8 Å². The molecule has 0 saturated carbocycles. The average molecular weight is 279 g/mol. The van der Waals surface area contributed by atoms with Crippen LogP contribution < -0.4 is 5.32 Å². The summed E-state index contributed by atoms with van der Waals surface area (Å²) in [5, 5.41) is 3.19. The Morgan fingerprint density at radius 2 is 2.11 bits per heavy atom. The Bertz CT molecular complexity index is 357. The molecule has 102 valence electrons. The summed E-state index contributed by atoms with van der Waals surface area (Å²) in [7, 11) is 0. The van der Waals surface area contributed by atoms with Gasteiger partial charge in [-0.2, -0.15) is 13.2 Å². The zero-order chi connectivity index (χ0) is 13.4. The molecule has 0 radical (unpaired) electrons. The van der Waals surface area contributed by atoms with Crippen molar-refractivity contribution >= 4 is 11.8 Å². The van der Waals surface area contributed by atoms with Gasteiger partial charge >= 0.3 is 6.18 Å². The fraction of sp³-hybridized carbons (Fsp3) is 0.500. The number of benzene rings is 1. The first kappa shape index (κ1) is 15.3. The molecule has 0 aliphatic rings. The van der Waals surface area contributed by atoms with Crippen molar-refractivity contribution in [3.63, 3.8) is 0 Å². The summed E-state index contributed by atoms with van der Waals surface area (Å²) >= 11 is 1.26. The Morgan fingerprint density at radius 1 is 1.33 bits per heavy atom. The maximum absolute atomic E-state index is 11.8. The van der Waals surface area contributed by atoms with E-state index in [4.69, 9.17) is 0 Å². The van der Waals surface area contributed by atoms with Gasteiger partial charge in [0.05, 0.1) is 5.94 Å². The molecule has 0 heterocycles. The maximum Gasteiger partial charge on any atom is 0.411 e. The molecule has 1 N–H and O–H groups in total. The Kier molecular flexibility index (Phi) is 6.52. The van der Waals surface area contributed by atoms with Crippen molar-refractivity contribution < 1.29 is 17.9 Å². The van der Waals surface area contributed by atoms with Crippen molar-refractivity contribution in [2.45, 2.75) is 24.5 Å². The largest absolute Gasteiger partial charge is 0.411 e. The van der Waals surface area contributed by atoms with Crippen LogP contribution >= 0.6 is 11.8 Å². The van der Waals surface area contributed by atoms with Gasteiger partial charge in [0.1, 0.15) is 6.61 Å². The molecule has 0 atom stereocenters. The molecule has 0 aliphatic heterocycles. The van der Waals surface area contributed by atoms with Gasteiger partial charge in [0.15, 0.2) is 0 Å². The van der Waals surface area contributed by atoms with Crippen molar-refractivity contribution in [2.75, 3.05) is 19.1 Å². The Hall–Kier alpha value is -0.720. The Labute approximate surface area is 109 Å². The molecule has 0 fully saturated rings. The number of hydrogen-bond donors (Lipinski definition) is 1. The molecule has 1 rings (SSSR count). The smallest absolute Gasteiger partial charge is 0.361 e. The topological polar surface area (TPSA) is 21.3 Å². The summed E-state index contributed by atoms with van der Waals surface area (Å²) < 4.78 is 40.1. The minimum atomic E-state index is -4.26. The van der Waals surface area contributed by atoms with Gasteiger partial charge in [0.25, 0.3) is 0 Å². The van der Waals surface area contributed by atoms with E-state index in [2.05, 4.69) is 10.1 Å². The van der Waals surface area contributed by atoms with Crippen LogP contribution in [0.2, 0.25) is 0 Å². The predicted octanol–water partition coefficient (Wildman–Crippen LogP) is 3.42. The fourth-order valence-electron chi connectivity index (χ4n) is 1.28. The van der Waals surface area contributed by atoms with Crippen LogP contribution in [0.15, 0.2) is 29.2 Å². The zero-order valence-electron chi connectivity index (χ0n) is 10.1. The molecular weight excluding hydrogens is 263 g/mol. The lowest BCUT2D eigenvalue weighted by Gasteiger charge is -2.08. The highest BCUT2D eigenvalue weighted by atomic mass is 32.2. The van der Waals surface area contributed by atoms with E-state index in [1.165, 1.54) is 11.8 Å². The van der Waals surface area contributed by atoms with E-state index in [1.54, 1.807) is 0 Å². The Balaban J connectivity index is 2.33. The molecule has 0 aliphatic carbocycles.